The van der Waals surface area contributed by atoms with Gasteiger partial charge in [0.2, 0.25) is 0 Å². The third-order valence-corrected chi connectivity index (χ3v) is 5.71. The van der Waals surface area contributed by atoms with E-state index >= 15 is 0 Å². The predicted molar refractivity (Wildman–Crippen MR) is 89.6 cm³/mol. The monoisotopic (exact) mass is 326 g/mol. The van der Waals surface area contributed by atoms with Gasteiger partial charge in [0.25, 0.3) is 0 Å². The van der Waals surface area contributed by atoms with E-state index < -0.39 is 0 Å². The highest BCUT2D eigenvalue weighted by Gasteiger charge is 2.51. The van der Waals surface area contributed by atoms with Gasteiger partial charge in [-0.1, -0.05) is 6.92 Å². The predicted octanol–water partition coefficient (Wildman–Crippen LogP) is 3.43. The van der Waals surface area contributed by atoms with Crippen LogP contribution in [0.25, 0.3) is 0 Å². The lowest BCUT2D eigenvalue weighted by atomic mass is 9.54. The van der Waals surface area contributed by atoms with Crippen molar-refractivity contribution in [3.05, 3.63) is 0 Å². The van der Waals surface area contributed by atoms with E-state index in [-0.39, 0.29) is 5.60 Å². The third-order valence-electron chi connectivity index (χ3n) is 5.71. The van der Waals surface area contributed by atoms with Gasteiger partial charge in [0.05, 0.1) is 45.2 Å². The van der Waals surface area contributed by atoms with E-state index in [4.69, 9.17) is 18.9 Å². The average molecular weight is 326 g/mol. The van der Waals surface area contributed by atoms with Gasteiger partial charge in [0.15, 0.2) is 0 Å². The lowest BCUT2D eigenvalue weighted by molar-refractivity contribution is -0.169. The molecule has 4 rings (SSSR count). The van der Waals surface area contributed by atoms with E-state index in [0.717, 1.165) is 37.4 Å². The summed E-state index contributed by atoms with van der Waals surface area (Å²) < 4.78 is 22.8. The summed E-state index contributed by atoms with van der Waals surface area (Å²) in [6, 6.07) is 0. The largest absolute Gasteiger partial charge is 0.379 e. The van der Waals surface area contributed by atoms with Gasteiger partial charge in [-0.3, -0.25) is 0 Å². The standard InChI is InChI=1S/C19H34O4/c1-2-3-20-4-5-21-6-7-22-8-9-23-19-13-16-10-17(14-19)12-18(11-16)15-19/h16-18H,2-15H2,1H3. The van der Waals surface area contributed by atoms with E-state index in [2.05, 4.69) is 6.92 Å². The second-order valence-corrected chi connectivity index (χ2v) is 7.79. The van der Waals surface area contributed by atoms with Crippen LogP contribution in [0, 0.1) is 17.8 Å². The van der Waals surface area contributed by atoms with Gasteiger partial charge in [0.1, 0.15) is 0 Å². The molecular weight excluding hydrogens is 292 g/mol. The Kier molecular flexibility index (Phi) is 6.75. The highest BCUT2D eigenvalue weighted by Crippen LogP contribution is 2.57. The maximum atomic E-state index is 6.33. The summed E-state index contributed by atoms with van der Waals surface area (Å²) in [5.74, 6) is 2.85. The van der Waals surface area contributed by atoms with Crippen LogP contribution in [0.2, 0.25) is 0 Å². The first-order valence-corrected chi connectivity index (χ1v) is 9.67. The van der Waals surface area contributed by atoms with Crippen molar-refractivity contribution < 1.29 is 18.9 Å². The molecule has 0 radical (unpaired) electrons. The van der Waals surface area contributed by atoms with Crippen LogP contribution in [-0.4, -0.2) is 51.8 Å². The van der Waals surface area contributed by atoms with Crippen LogP contribution in [-0.2, 0) is 18.9 Å². The minimum Gasteiger partial charge on any atom is -0.379 e. The lowest BCUT2D eigenvalue weighted by Gasteiger charge is -2.56. The number of hydrogen-bond acceptors (Lipinski definition) is 4. The second-order valence-electron chi connectivity index (χ2n) is 7.79. The first-order chi connectivity index (χ1) is 11.3. The zero-order valence-electron chi connectivity index (χ0n) is 14.8. The molecule has 0 heterocycles. The summed E-state index contributed by atoms with van der Waals surface area (Å²) in [6.45, 7) is 7.01. The van der Waals surface area contributed by atoms with Crippen LogP contribution in [0.3, 0.4) is 0 Å². The van der Waals surface area contributed by atoms with E-state index in [1.807, 2.05) is 0 Å². The van der Waals surface area contributed by atoms with Gasteiger partial charge >= 0.3 is 0 Å². The van der Waals surface area contributed by atoms with E-state index in [1.54, 1.807) is 0 Å². The SMILES string of the molecule is CCCOCCOCCOCCOC12CC3CC(CC(C3)C1)C2. The van der Waals surface area contributed by atoms with Gasteiger partial charge in [-0.15, -0.1) is 0 Å². The van der Waals surface area contributed by atoms with Crippen LogP contribution < -0.4 is 0 Å². The Hall–Kier alpha value is -0.160. The fourth-order valence-electron chi connectivity index (χ4n) is 5.21. The van der Waals surface area contributed by atoms with Crippen molar-refractivity contribution in [2.75, 3.05) is 46.2 Å². The van der Waals surface area contributed by atoms with Gasteiger partial charge in [-0.2, -0.15) is 0 Å². The highest BCUT2D eigenvalue weighted by atomic mass is 16.6. The zero-order chi connectivity index (χ0) is 16.0. The minimum absolute atomic E-state index is 0.214. The Morgan fingerprint density at radius 1 is 0.652 bits per heavy atom. The van der Waals surface area contributed by atoms with Crippen LogP contribution in [0.15, 0.2) is 0 Å². The van der Waals surface area contributed by atoms with Gasteiger partial charge in [0, 0.05) is 6.61 Å². The van der Waals surface area contributed by atoms with Crippen molar-refractivity contribution in [3.63, 3.8) is 0 Å². The molecule has 4 fully saturated rings. The second kappa shape index (κ2) is 8.80. The van der Waals surface area contributed by atoms with E-state index in [9.17, 15) is 0 Å². The molecule has 4 aliphatic rings. The summed E-state index contributed by atoms with van der Waals surface area (Å²) in [6.07, 6.45) is 9.39. The average Bonchev–Trinajstić information content (AvgIpc) is 2.51. The normalized spacial score (nSPS) is 35.1. The van der Waals surface area contributed by atoms with Gasteiger partial charge < -0.3 is 18.9 Å². The molecule has 0 aromatic heterocycles. The Morgan fingerprint density at radius 3 is 1.57 bits per heavy atom. The summed E-state index contributed by atoms with van der Waals surface area (Å²) in [5, 5.41) is 0. The Morgan fingerprint density at radius 2 is 1.09 bits per heavy atom. The Labute approximate surface area is 141 Å². The maximum Gasteiger partial charge on any atom is 0.0708 e. The molecule has 0 spiro atoms. The number of ether oxygens (including phenoxy) is 4. The molecule has 23 heavy (non-hydrogen) atoms. The molecule has 134 valence electrons. The van der Waals surface area contributed by atoms with Crippen LogP contribution in [0.5, 0.6) is 0 Å². The molecule has 4 bridgehead atoms. The molecule has 0 aromatic carbocycles. The minimum atomic E-state index is 0.214. The maximum absolute atomic E-state index is 6.33. The molecule has 4 heteroatoms. The quantitative estimate of drug-likeness (QED) is 0.515. The van der Waals surface area contributed by atoms with Gasteiger partial charge in [-0.25, -0.2) is 0 Å². The van der Waals surface area contributed by atoms with Crippen molar-refractivity contribution >= 4 is 0 Å². The van der Waals surface area contributed by atoms with Crippen molar-refractivity contribution in [2.24, 2.45) is 17.8 Å². The fraction of sp³-hybridized carbons (Fsp3) is 1.00. The molecule has 4 saturated carbocycles. The molecule has 0 unspecified atom stereocenters. The summed E-state index contributed by atoms with van der Waals surface area (Å²) in [4.78, 5) is 0. The Bertz CT molecular complexity index is 309. The van der Waals surface area contributed by atoms with Crippen molar-refractivity contribution in [2.45, 2.75) is 57.5 Å². The Balaban J connectivity index is 1.19. The third kappa shape index (κ3) is 5.15. The first-order valence-electron chi connectivity index (χ1n) is 9.67. The molecule has 0 amide bonds. The summed E-state index contributed by atoms with van der Waals surface area (Å²) in [7, 11) is 0. The smallest absolute Gasteiger partial charge is 0.0708 e. The van der Waals surface area contributed by atoms with Crippen molar-refractivity contribution in [1.29, 1.82) is 0 Å². The van der Waals surface area contributed by atoms with Crippen molar-refractivity contribution in [3.8, 4) is 0 Å². The molecular formula is C19H34O4. The van der Waals surface area contributed by atoms with Crippen molar-refractivity contribution in [1.82, 2.24) is 0 Å². The topological polar surface area (TPSA) is 36.9 Å². The highest BCUT2D eigenvalue weighted by molar-refractivity contribution is 5.03. The molecule has 0 atom stereocenters. The fourth-order valence-corrected chi connectivity index (χ4v) is 5.21. The lowest BCUT2D eigenvalue weighted by Crippen LogP contribution is -2.52. The van der Waals surface area contributed by atoms with Gasteiger partial charge in [-0.05, 0) is 62.7 Å². The molecule has 0 aliphatic heterocycles. The number of hydrogen-bond donors (Lipinski definition) is 0. The van der Waals surface area contributed by atoms with Crippen LogP contribution in [0.4, 0.5) is 0 Å². The van der Waals surface area contributed by atoms with Crippen LogP contribution in [0.1, 0.15) is 51.9 Å². The summed E-state index contributed by atoms with van der Waals surface area (Å²) >= 11 is 0. The van der Waals surface area contributed by atoms with E-state index in [0.29, 0.717) is 33.0 Å². The molecule has 4 aliphatic carbocycles. The molecule has 0 N–H and O–H groups in total. The summed E-state index contributed by atoms with van der Waals surface area (Å²) in [5.41, 5.74) is 0.214. The number of rotatable bonds is 12. The van der Waals surface area contributed by atoms with Crippen LogP contribution >= 0.6 is 0 Å². The molecule has 0 aromatic rings. The molecule has 4 nitrogen and oxygen atoms in total. The van der Waals surface area contributed by atoms with E-state index in [1.165, 1.54) is 38.5 Å². The zero-order valence-corrected chi connectivity index (χ0v) is 14.8. The molecule has 0 saturated heterocycles. The first kappa shape index (κ1) is 17.7.